The second-order valence-electron chi connectivity index (χ2n) is 4.40. The van der Waals surface area contributed by atoms with Crippen LogP contribution in [0.25, 0.3) is 0 Å². The van der Waals surface area contributed by atoms with Gasteiger partial charge < -0.3 is 9.73 Å². The Morgan fingerprint density at radius 3 is 2.68 bits per heavy atom. The zero-order chi connectivity index (χ0) is 13.4. The molecule has 3 rings (SSSR count). The van der Waals surface area contributed by atoms with E-state index in [9.17, 15) is 9.59 Å². The van der Waals surface area contributed by atoms with E-state index in [1.165, 1.54) is 0 Å². The molecule has 19 heavy (non-hydrogen) atoms. The first-order chi connectivity index (χ1) is 9.15. The zero-order valence-electron chi connectivity index (χ0n) is 10.3. The number of furan rings is 1. The topological polar surface area (TPSA) is 71.3 Å². The van der Waals surface area contributed by atoms with Crippen LogP contribution in [-0.2, 0) is 6.54 Å². The Balaban J connectivity index is 1.80. The van der Waals surface area contributed by atoms with Crippen molar-refractivity contribution >= 4 is 17.5 Å². The van der Waals surface area contributed by atoms with E-state index in [0.29, 0.717) is 17.7 Å². The van der Waals surface area contributed by atoms with Gasteiger partial charge in [-0.25, -0.2) is 0 Å². The van der Waals surface area contributed by atoms with Crippen molar-refractivity contribution in [3.63, 3.8) is 0 Å². The molecule has 96 valence electrons. The SMILES string of the molecule is Cc1occc1CNc1ccc2c(c1)C(=O)NC2=O. The minimum Gasteiger partial charge on any atom is -0.469 e. The minimum absolute atomic E-state index is 0.336. The monoisotopic (exact) mass is 256 g/mol. The standard InChI is InChI=1S/C14H12N2O3/c1-8-9(4-5-19-8)7-15-10-2-3-11-12(6-10)14(18)16-13(11)17/h2-6,15H,7H2,1H3,(H,16,17,18). The van der Waals surface area contributed by atoms with Crippen LogP contribution in [0, 0.1) is 6.92 Å². The number of carbonyl (C=O) groups excluding carboxylic acids is 2. The van der Waals surface area contributed by atoms with Crippen LogP contribution in [-0.4, -0.2) is 11.8 Å². The van der Waals surface area contributed by atoms with Crippen molar-refractivity contribution in [2.24, 2.45) is 0 Å². The summed E-state index contributed by atoms with van der Waals surface area (Å²) in [6.45, 7) is 2.50. The van der Waals surface area contributed by atoms with Crippen LogP contribution in [0.4, 0.5) is 5.69 Å². The highest BCUT2D eigenvalue weighted by Crippen LogP contribution is 2.21. The van der Waals surface area contributed by atoms with Crippen LogP contribution in [0.5, 0.6) is 0 Å². The highest BCUT2D eigenvalue weighted by molar-refractivity contribution is 6.21. The molecule has 2 aromatic rings. The Morgan fingerprint density at radius 1 is 1.16 bits per heavy atom. The van der Waals surface area contributed by atoms with Gasteiger partial charge in [0.05, 0.1) is 17.4 Å². The van der Waals surface area contributed by atoms with Crippen LogP contribution in [0.2, 0.25) is 0 Å². The Bertz CT molecular complexity index is 673. The first kappa shape index (κ1) is 11.5. The van der Waals surface area contributed by atoms with Gasteiger partial charge in [-0.2, -0.15) is 0 Å². The number of anilines is 1. The van der Waals surface area contributed by atoms with Crippen LogP contribution >= 0.6 is 0 Å². The summed E-state index contributed by atoms with van der Waals surface area (Å²) in [7, 11) is 0. The Labute approximate surface area is 109 Å². The molecule has 0 aliphatic carbocycles. The molecule has 2 heterocycles. The second-order valence-corrected chi connectivity index (χ2v) is 4.40. The summed E-state index contributed by atoms with van der Waals surface area (Å²) in [5.74, 6) is 0.182. The highest BCUT2D eigenvalue weighted by atomic mass is 16.3. The summed E-state index contributed by atoms with van der Waals surface area (Å²) in [5.41, 5.74) is 2.69. The molecule has 0 fully saturated rings. The largest absolute Gasteiger partial charge is 0.469 e. The third kappa shape index (κ3) is 1.99. The summed E-state index contributed by atoms with van der Waals surface area (Å²) in [6, 6.07) is 7.02. The Morgan fingerprint density at radius 2 is 1.95 bits per heavy atom. The van der Waals surface area contributed by atoms with Gasteiger partial charge in [0.25, 0.3) is 11.8 Å². The Kier molecular flexibility index (Phi) is 2.59. The van der Waals surface area contributed by atoms with Gasteiger partial charge in [0.2, 0.25) is 0 Å². The maximum Gasteiger partial charge on any atom is 0.259 e. The van der Waals surface area contributed by atoms with Gasteiger partial charge in [0.1, 0.15) is 5.76 Å². The average molecular weight is 256 g/mol. The lowest BCUT2D eigenvalue weighted by molar-refractivity contribution is 0.0879. The van der Waals surface area contributed by atoms with Crippen molar-refractivity contribution < 1.29 is 14.0 Å². The van der Waals surface area contributed by atoms with Gasteiger partial charge in [-0.05, 0) is 31.2 Å². The van der Waals surface area contributed by atoms with Crippen molar-refractivity contribution in [3.05, 3.63) is 53.0 Å². The third-order valence-corrected chi connectivity index (χ3v) is 3.19. The maximum absolute atomic E-state index is 11.5. The molecule has 2 amide bonds. The molecular formula is C14H12N2O3. The zero-order valence-corrected chi connectivity index (χ0v) is 10.3. The van der Waals surface area contributed by atoms with E-state index in [2.05, 4.69) is 10.6 Å². The maximum atomic E-state index is 11.5. The summed E-state index contributed by atoms with van der Waals surface area (Å²) in [6.07, 6.45) is 1.64. The van der Waals surface area contributed by atoms with Crippen molar-refractivity contribution in [1.29, 1.82) is 0 Å². The molecule has 1 aromatic carbocycles. The predicted molar refractivity (Wildman–Crippen MR) is 69.0 cm³/mol. The number of amides is 2. The minimum atomic E-state index is -0.344. The van der Waals surface area contributed by atoms with Gasteiger partial charge in [0, 0.05) is 17.8 Å². The van der Waals surface area contributed by atoms with Crippen molar-refractivity contribution in [2.75, 3.05) is 5.32 Å². The van der Waals surface area contributed by atoms with E-state index in [-0.39, 0.29) is 11.8 Å². The smallest absolute Gasteiger partial charge is 0.259 e. The lowest BCUT2D eigenvalue weighted by atomic mass is 10.1. The van der Waals surface area contributed by atoms with Gasteiger partial charge in [-0.3, -0.25) is 14.9 Å². The fourth-order valence-electron chi connectivity index (χ4n) is 2.07. The molecular weight excluding hydrogens is 244 g/mol. The number of benzene rings is 1. The van der Waals surface area contributed by atoms with E-state index in [4.69, 9.17) is 4.42 Å². The molecule has 0 radical (unpaired) electrons. The molecule has 5 nitrogen and oxygen atoms in total. The van der Waals surface area contributed by atoms with E-state index < -0.39 is 0 Å². The predicted octanol–water partition coefficient (Wildman–Crippen LogP) is 2.08. The van der Waals surface area contributed by atoms with E-state index in [0.717, 1.165) is 17.0 Å². The van der Waals surface area contributed by atoms with Crippen molar-refractivity contribution in [2.45, 2.75) is 13.5 Å². The number of imide groups is 1. The molecule has 0 bridgehead atoms. The molecule has 0 unspecified atom stereocenters. The summed E-state index contributed by atoms with van der Waals surface area (Å²) in [4.78, 5) is 23.0. The molecule has 1 aromatic heterocycles. The van der Waals surface area contributed by atoms with Gasteiger partial charge in [-0.1, -0.05) is 0 Å². The number of hydrogen-bond donors (Lipinski definition) is 2. The molecule has 1 aliphatic rings. The number of rotatable bonds is 3. The lowest BCUT2D eigenvalue weighted by Gasteiger charge is -2.06. The van der Waals surface area contributed by atoms with E-state index >= 15 is 0 Å². The van der Waals surface area contributed by atoms with Crippen LogP contribution in [0.1, 0.15) is 32.0 Å². The number of nitrogens with one attached hydrogen (secondary N) is 2. The van der Waals surface area contributed by atoms with Crippen LogP contribution in [0.15, 0.2) is 34.9 Å². The number of fused-ring (bicyclic) bond motifs is 1. The molecule has 0 saturated carbocycles. The molecule has 1 aliphatic heterocycles. The first-order valence-corrected chi connectivity index (χ1v) is 5.92. The molecule has 0 atom stereocenters. The molecule has 5 heteroatoms. The first-order valence-electron chi connectivity index (χ1n) is 5.92. The quantitative estimate of drug-likeness (QED) is 0.825. The van der Waals surface area contributed by atoms with Gasteiger partial charge in [-0.15, -0.1) is 0 Å². The van der Waals surface area contributed by atoms with Gasteiger partial charge in [0.15, 0.2) is 0 Å². The van der Waals surface area contributed by atoms with Crippen LogP contribution in [0.3, 0.4) is 0 Å². The number of hydrogen-bond acceptors (Lipinski definition) is 4. The van der Waals surface area contributed by atoms with Crippen molar-refractivity contribution in [3.8, 4) is 0 Å². The number of carbonyl (C=O) groups is 2. The average Bonchev–Trinajstić information content (AvgIpc) is 2.92. The second kappa shape index (κ2) is 4.28. The van der Waals surface area contributed by atoms with E-state index in [1.807, 2.05) is 13.0 Å². The van der Waals surface area contributed by atoms with Crippen LogP contribution < -0.4 is 10.6 Å². The summed E-state index contributed by atoms with van der Waals surface area (Å²) < 4.78 is 5.21. The number of aryl methyl sites for hydroxylation is 1. The third-order valence-electron chi connectivity index (χ3n) is 3.19. The van der Waals surface area contributed by atoms with Gasteiger partial charge >= 0.3 is 0 Å². The normalized spacial score (nSPS) is 13.3. The molecule has 0 spiro atoms. The Hall–Kier alpha value is -2.56. The summed E-state index contributed by atoms with van der Waals surface area (Å²) in [5, 5.41) is 5.47. The highest BCUT2D eigenvalue weighted by Gasteiger charge is 2.26. The molecule has 2 N–H and O–H groups in total. The fraction of sp³-hybridized carbons (Fsp3) is 0.143. The fourth-order valence-corrected chi connectivity index (χ4v) is 2.07. The molecule has 0 saturated heterocycles. The lowest BCUT2D eigenvalue weighted by Crippen LogP contribution is -2.19. The summed E-state index contributed by atoms with van der Waals surface area (Å²) >= 11 is 0. The van der Waals surface area contributed by atoms with E-state index in [1.54, 1.807) is 24.5 Å². The van der Waals surface area contributed by atoms with Crippen molar-refractivity contribution in [1.82, 2.24) is 5.32 Å².